The van der Waals surface area contributed by atoms with Crippen molar-refractivity contribution in [2.45, 2.75) is 32.1 Å². The summed E-state index contributed by atoms with van der Waals surface area (Å²) in [5.41, 5.74) is 1.34. The van der Waals surface area contributed by atoms with Crippen molar-refractivity contribution in [3.63, 3.8) is 0 Å². The number of fused-ring (bicyclic) bond motifs is 1. The van der Waals surface area contributed by atoms with Crippen molar-refractivity contribution in [1.29, 1.82) is 0 Å². The lowest BCUT2D eigenvalue weighted by Crippen LogP contribution is -2.48. The van der Waals surface area contributed by atoms with E-state index in [1.807, 2.05) is 30.5 Å². The van der Waals surface area contributed by atoms with Gasteiger partial charge in [-0.2, -0.15) is 0 Å². The number of ether oxygens (including phenoxy) is 1. The van der Waals surface area contributed by atoms with Gasteiger partial charge in [-0.25, -0.2) is 0 Å². The molecule has 4 rings (SSSR count). The highest BCUT2D eigenvalue weighted by Gasteiger charge is 2.29. The molecule has 0 bridgehead atoms. The van der Waals surface area contributed by atoms with Crippen molar-refractivity contribution >= 4 is 22.1 Å². The predicted octanol–water partition coefficient (Wildman–Crippen LogP) is 3.62. The smallest absolute Gasteiger partial charge is 0.127 e. The predicted molar refractivity (Wildman–Crippen MR) is 101 cm³/mol. The van der Waals surface area contributed by atoms with Crippen LogP contribution in [0.25, 0.3) is 10.8 Å². The lowest BCUT2D eigenvalue weighted by atomic mass is 10.0. The Bertz CT molecular complexity index is 864. The average Bonchev–Trinajstić information content (AvgIpc) is 3.02. The maximum absolute atomic E-state index is 10.5. The third-order valence-corrected chi connectivity index (χ3v) is 5.85. The SMILES string of the molecule is Cc1ccsc1CN1CC[C@@H](Oc2ccc3ccncc3c2)[C@H](O)C1. The Labute approximate surface area is 151 Å². The minimum Gasteiger partial charge on any atom is -0.488 e. The second-order valence-corrected chi connectivity index (χ2v) is 7.66. The number of likely N-dealkylation sites (tertiary alicyclic amines) is 1. The molecule has 0 spiro atoms. The molecule has 1 saturated heterocycles. The summed E-state index contributed by atoms with van der Waals surface area (Å²) < 4.78 is 6.08. The van der Waals surface area contributed by atoms with E-state index in [0.29, 0.717) is 6.54 Å². The zero-order valence-electron chi connectivity index (χ0n) is 14.3. The van der Waals surface area contributed by atoms with Crippen LogP contribution < -0.4 is 4.74 Å². The topological polar surface area (TPSA) is 45.6 Å². The van der Waals surface area contributed by atoms with Gasteiger partial charge in [0.15, 0.2) is 0 Å². The lowest BCUT2D eigenvalue weighted by molar-refractivity contribution is -0.0272. The first-order valence-corrected chi connectivity index (χ1v) is 9.51. The number of hydrogen-bond donors (Lipinski definition) is 1. The summed E-state index contributed by atoms with van der Waals surface area (Å²) >= 11 is 1.79. The molecule has 130 valence electrons. The van der Waals surface area contributed by atoms with Gasteiger partial charge in [-0.3, -0.25) is 9.88 Å². The van der Waals surface area contributed by atoms with E-state index < -0.39 is 6.10 Å². The first-order valence-electron chi connectivity index (χ1n) is 8.63. The van der Waals surface area contributed by atoms with Gasteiger partial charge < -0.3 is 9.84 Å². The molecule has 4 nitrogen and oxygen atoms in total. The minimum atomic E-state index is -0.474. The number of piperidine rings is 1. The number of aromatic nitrogens is 1. The summed E-state index contributed by atoms with van der Waals surface area (Å²) in [7, 11) is 0. The van der Waals surface area contributed by atoms with Crippen LogP contribution >= 0.6 is 11.3 Å². The molecule has 2 aromatic heterocycles. The molecule has 0 amide bonds. The zero-order valence-corrected chi connectivity index (χ0v) is 15.1. The summed E-state index contributed by atoms with van der Waals surface area (Å²) in [4.78, 5) is 7.85. The summed E-state index contributed by atoms with van der Waals surface area (Å²) in [6, 6.07) is 10.1. The van der Waals surface area contributed by atoms with Crippen LogP contribution in [0.5, 0.6) is 5.75 Å². The van der Waals surface area contributed by atoms with Crippen LogP contribution in [0.15, 0.2) is 48.1 Å². The molecule has 25 heavy (non-hydrogen) atoms. The minimum absolute atomic E-state index is 0.158. The van der Waals surface area contributed by atoms with E-state index in [2.05, 4.69) is 28.3 Å². The number of pyridine rings is 1. The number of aliphatic hydroxyl groups excluding tert-OH is 1. The van der Waals surface area contributed by atoms with Gasteiger partial charge >= 0.3 is 0 Å². The molecule has 0 aliphatic carbocycles. The Morgan fingerprint density at radius 2 is 2.20 bits per heavy atom. The second-order valence-electron chi connectivity index (χ2n) is 6.66. The maximum atomic E-state index is 10.5. The molecule has 3 aromatic rings. The molecule has 1 aliphatic rings. The van der Waals surface area contributed by atoms with Crippen LogP contribution in [0.2, 0.25) is 0 Å². The Morgan fingerprint density at radius 3 is 3.00 bits per heavy atom. The third-order valence-electron chi connectivity index (χ3n) is 4.84. The van der Waals surface area contributed by atoms with E-state index >= 15 is 0 Å². The Hall–Kier alpha value is -1.95. The molecular formula is C20H22N2O2S. The highest BCUT2D eigenvalue weighted by atomic mass is 32.1. The molecular weight excluding hydrogens is 332 g/mol. The first kappa shape index (κ1) is 16.5. The number of hydrogen-bond acceptors (Lipinski definition) is 5. The number of β-amino-alcohol motifs (C(OH)–C–C–N with tert-alkyl or cyclic N) is 1. The summed E-state index contributed by atoms with van der Waals surface area (Å²) in [5, 5.41) is 14.9. The van der Waals surface area contributed by atoms with Gasteiger partial charge in [0.1, 0.15) is 18.0 Å². The fourth-order valence-electron chi connectivity index (χ4n) is 3.34. The summed E-state index contributed by atoms with van der Waals surface area (Å²) in [6.45, 7) is 4.65. The number of thiophene rings is 1. The quantitative estimate of drug-likeness (QED) is 0.777. The van der Waals surface area contributed by atoms with Gasteiger partial charge in [0.2, 0.25) is 0 Å². The van der Waals surface area contributed by atoms with Crippen molar-refractivity contribution in [3.8, 4) is 5.75 Å². The zero-order chi connectivity index (χ0) is 17.2. The van der Waals surface area contributed by atoms with E-state index in [9.17, 15) is 5.11 Å². The van der Waals surface area contributed by atoms with E-state index in [4.69, 9.17) is 4.74 Å². The van der Waals surface area contributed by atoms with Gasteiger partial charge in [-0.05, 0) is 53.9 Å². The van der Waals surface area contributed by atoms with Crippen LogP contribution in [0.3, 0.4) is 0 Å². The van der Waals surface area contributed by atoms with Crippen molar-refractivity contribution in [2.24, 2.45) is 0 Å². The van der Waals surface area contributed by atoms with E-state index in [1.54, 1.807) is 17.5 Å². The van der Waals surface area contributed by atoms with Crippen LogP contribution in [0, 0.1) is 6.92 Å². The third kappa shape index (κ3) is 3.68. The van der Waals surface area contributed by atoms with E-state index in [0.717, 1.165) is 36.0 Å². The number of nitrogens with zero attached hydrogens (tertiary/aromatic N) is 2. The molecule has 1 fully saturated rings. The fourth-order valence-corrected chi connectivity index (χ4v) is 4.28. The van der Waals surface area contributed by atoms with Gasteiger partial charge in [-0.15, -0.1) is 11.3 Å². The van der Waals surface area contributed by atoms with Gasteiger partial charge in [0, 0.05) is 42.3 Å². The van der Waals surface area contributed by atoms with Gasteiger partial charge in [-0.1, -0.05) is 6.07 Å². The fraction of sp³-hybridized carbons (Fsp3) is 0.350. The Morgan fingerprint density at radius 1 is 1.28 bits per heavy atom. The van der Waals surface area contributed by atoms with Crippen molar-refractivity contribution in [3.05, 3.63) is 58.5 Å². The van der Waals surface area contributed by atoms with Crippen LogP contribution in [0.1, 0.15) is 16.9 Å². The first-order chi connectivity index (χ1) is 12.2. The van der Waals surface area contributed by atoms with Crippen LogP contribution in [-0.2, 0) is 6.54 Å². The molecule has 0 radical (unpaired) electrons. The van der Waals surface area contributed by atoms with Crippen LogP contribution in [-0.4, -0.2) is 40.3 Å². The maximum Gasteiger partial charge on any atom is 0.127 e. The molecule has 0 saturated carbocycles. The van der Waals surface area contributed by atoms with Crippen molar-refractivity contribution in [1.82, 2.24) is 9.88 Å². The van der Waals surface area contributed by atoms with Gasteiger partial charge in [0.25, 0.3) is 0 Å². The van der Waals surface area contributed by atoms with E-state index in [1.165, 1.54) is 10.4 Å². The summed E-state index contributed by atoms with van der Waals surface area (Å²) in [5.74, 6) is 0.798. The van der Waals surface area contributed by atoms with E-state index in [-0.39, 0.29) is 6.10 Å². The summed E-state index contributed by atoms with van der Waals surface area (Å²) in [6.07, 6.45) is 3.83. The second kappa shape index (κ2) is 7.12. The number of aryl methyl sites for hydroxylation is 1. The molecule has 1 aromatic carbocycles. The standard InChI is InChI=1S/C20H22N2O2S/c1-14-6-9-25-20(14)13-22-8-5-19(18(23)12-22)24-17-3-2-15-4-7-21-11-16(15)10-17/h2-4,6-7,9-11,18-19,23H,5,8,12-13H2,1H3/t18-,19-/m1/s1. The van der Waals surface area contributed by atoms with Crippen LogP contribution in [0.4, 0.5) is 0 Å². The average molecular weight is 354 g/mol. The number of aliphatic hydroxyl groups is 1. The number of benzene rings is 1. The number of rotatable bonds is 4. The van der Waals surface area contributed by atoms with Crippen molar-refractivity contribution in [2.75, 3.05) is 13.1 Å². The normalized spacial score (nSPS) is 21.5. The molecule has 2 atom stereocenters. The highest BCUT2D eigenvalue weighted by molar-refractivity contribution is 7.10. The molecule has 1 aliphatic heterocycles. The molecule has 3 heterocycles. The largest absolute Gasteiger partial charge is 0.488 e. The Balaban J connectivity index is 1.39. The molecule has 1 N–H and O–H groups in total. The van der Waals surface area contributed by atoms with Gasteiger partial charge in [0.05, 0.1) is 0 Å². The Kier molecular flexibility index (Phi) is 4.70. The highest BCUT2D eigenvalue weighted by Crippen LogP contribution is 2.25. The molecule has 0 unspecified atom stereocenters. The molecule has 5 heteroatoms. The lowest BCUT2D eigenvalue weighted by Gasteiger charge is -2.35. The monoisotopic (exact) mass is 354 g/mol. The van der Waals surface area contributed by atoms with Crippen molar-refractivity contribution < 1.29 is 9.84 Å².